The maximum absolute atomic E-state index is 11.6. The van der Waals surface area contributed by atoms with Crippen LogP contribution < -0.4 is 10.6 Å². The third-order valence-electron chi connectivity index (χ3n) is 1.92. The number of halogens is 2. The van der Waals surface area contributed by atoms with E-state index in [4.69, 9.17) is 0 Å². The highest BCUT2D eigenvalue weighted by molar-refractivity contribution is 14.1. The van der Waals surface area contributed by atoms with Gasteiger partial charge in [0.1, 0.15) is 0 Å². The molecule has 5 heteroatoms. The minimum Gasteiger partial charge on any atom is -0.351 e. The summed E-state index contributed by atoms with van der Waals surface area (Å²) >= 11 is 2.20. The van der Waals surface area contributed by atoms with Gasteiger partial charge in [-0.1, -0.05) is 13.0 Å². The molecule has 1 amide bonds. The van der Waals surface area contributed by atoms with E-state index >= 15 is 0 Å². The van der Waals surface area contributed by atoms with Crippen molar-refractivity contribution >= 4 is 40.9 Å². The fourth-order valence-corrected chi connectivity index (χ4v) is 1.72. The number of hydrogen-bond donors (Lipinski definition) is 2. The minimum atomic E-state index is -0.00795. The summed E-state index contributed by atoms with van der Waals surface area (Å²) < 4.78 is 1.08. The Morgan fingerprint density at radius 1 is 1.38 bits per heavy atom. The summed E-state index contributed by atoms with van der Waals surface area (Å²) in [6.07, 6.45) is 0. The van der Waals surface area contributed by atoms with Crippen molar-refractivity contribution in [2.45, 2.75) is 6.92 Å². The lowest BCUT2D eigenvalue weighted by molar-refractivity contribution is 0.0954. The van der Waals surface area contributed by atoms with Crippen LogP contribution in [0.1, 0.15) is 17.3 Å². The highest BCUT2D eigenvalue weighted by Gasteiger charge is 2.03. The molecule has 1 aromatic carbocycles. The lowest BCUT2D eigenvalue weighted by Crippen LogP contribution is -2.31. The van der Waals surface area contributed by atoms with Gasteiger partial charge in [-0.3, -0.25) is 4.79 Å². The van der Waals surface area contributed by atoms with Gasteiger partial charge in [0.25, 0.3) is 5.91 Å². The molecular formula is C11H16ClIN2O. The molecule has 0 saturated carbocycles. The first kappa shape index (κ1) is 15.7. The van der Waals surface area contributed by atoms with Crippen molar-refractivity contribution in [2.75, 3.05) is 19.6 Å². The van der Waals surface area contributed by atoms with E-state index in [0.29, 0.717) is 6.54 Å². The van der Waals surface area contributed by atoms with E-state index in [9.17, 15) is 4.79 Å². The largest absolute Gasteiger partial charge is 0.351 e. The molecule has 0 unspecified atom stereocenters. The third-order valence-corrected chi connectivity index (χ3v) is 2.60. The minimum absolute atomic E-state index is 0. The Kier molecular flexibility index (Phi) is 8.60. The molecule has 0 heterocycles. The molecule has 0 aromatic heterocycles. The topological polar surface area (TPSA) is 41.1 Å². The molecule has 1 aromatic rings. The van der Waals surface area contributed by atoms with Gasteiger partial charge in [-0.15, -0.1) is 12.4 Å². The first-order valence-corrected chi connectivity index (χ1v) is 6.06. The van der Waals surface area contributed by atoms with Gasteiger partial charge in [0.15, 0.2) is 0 Å². The number of likely N-dealkylation sites (N-methyl/N-ethyl adjacent to an activating group) is 1. The van der Waals surface area contributed by atoms with E-state index in [-0.39, 0.29) is 18.3 Å². The number of nitrogens with one attached hydrogen (secondary N) is 2. The van der Waals surface area contributed by atoms with Gasteiger partial charge in [-0.05, 0) is 47.3 Å². The molecule has 0 saturated heterocycles. The molecule has 16 heavy (non-hydrogen) atoms. The van der Waals surface area contributed by atoms with Crippen LogP contribution in [0.5, 0.6) is 0 Å². The second-order valence-electron chi connectivity index (χ2n) is 3.12. The number of amides is 1. The summed E-state index contributed by atoms with van der Waals surface area (Å²) in [5.41, 5.74) is 0.721. The van der Waals surface area contributed by atoms with Crippen LogP contribution in [0, 0.1) is 3.57 Å². The molecule has 0 fully saturated rings. The van der Waals surface area contributed by atoms with Crippen LogP contribution in [0.3, 0.4) is 0 Å². The predicted molar refractivity (Wildman–Crippen MR) is 77.3 cm³/mol. The predicted octanol–water partition coefficient (Wildman–Crippen LogP) is 2.05. The van der Waals surface area contributed by atoms with E-state index in [1.54, 1.807) is 0 Å². The fourth-order valence-electron chi connectivity index (χ4n) is 1.17. The van der Waals surface area contributed by atoms with Gasteiger partial charge < -0.3 is 10.6 Å². The van der Waals surface area contributed by atoms with Gasteiger partial charge in [0.05, 0.1) is 0 Å². The smallest absolute Gasteiger partial charge is 0.251 e. The van der Waals surface area contributed by atoms with E-state index in [1.807, 2.05) is 31.2 Å². The Bertz CT molecular complexity index is 334. The van der Waals surface area contributed by atoms with Crippen LogP contribution in [-0.2, 0) is 0 Å². The average molecular weight is 355 g/mol. The Balaban J connectivity index is 0.00000225. The standard InChI is InChI=1S/C11H15IN2O.ClH/c1-2-13-6-7-14-11(15)9-4-3-5-10(12)8-9;/h3-5,8,13H,2,6-7H2,1H3,(H,14,15);1H. The molecule has 2 N–H and O–H groups in total. The monoisotopic (exact) mass is 354 g/mol. The summed E-state index contributed by atoms with van der Waals surface area (Å²) in [6.45, 7) is 4.45. The fraction of sp³-hybridized carbons (Fsp3) is 0.364. The van der Waals surface area contributed by atoms with E-state index in [0.717, 1.165) is 22.2 Å². The zero-order valence-electron chi connectivity index (χ0n) is 9.13. The Labute approximate surface area is 116 Å². The summed E-state index contributed by atoms with van der Waals surface area (Å²) in [4.78, 5) is 11.6. The van der Waals surface area contributed by atoms with Crippen LogP contribution in [0.25, 0.3) is 0 Å². The molecule has 0 aliphatic carbocycles. The molecule has 0 spiro atoms. The normalized spacial score (nSPS) is 9.38. The van der Waals surface area contributed by atoms with Crippen molar-refractivity contribution in [3.8, 4) is 0 Å². The van der Waals surface area contributed by atoms with E-state index < -0.39 is 0 Å². The Morgan fingerprint density at radius 2 is 2.12 bits per heavy atom. The molecule has 0 aliphatic rings. The summed E-state index contributed by atoms with van der Waals surface area (Å²) in [5, 5.41) is 6.01. The maximum Gasteiger partial charge on any atom is 0.251 e. The van der Waals surface area contributed by atoms with Crippen LogP contribution in [-0.4, -0.2) is 25.5 Å². The van der Waals surface area contributed by atoms with Gasteiger partial charge in [-0.25, -0.2) is 0 Å². The molecular weight excluding hydrogens is 338 g/mol. The van der Waals surface area contributed by atoms with Crippen molar-refractivity contribution in [3.05, 3.63) is 33.4 Å². The van der Waals surface area contributed by atoms with Crippen LogP contribution in [0.15, 0.2) is 24.3 Å². The number of rotatable bonds is 5. The molecule has 90 valence electrons. The van der Waals surface area contributed by atoms with Crippen molar-refractivity contribution < 1.29 is 4.79 Å². The maximum atomic E-state index is 11.6. The van der Waals surface area contributed by atoms with Gasteiger partial charge in [0, 0.05) is 22.2 Å². The zero-order chi connectivity index (χ0) is 11.1. The summed E-state index contributed by atoms with van der Waals surface area (Å²) in [5.74, 6) is -0.00795. The molecule has 1 rings (SSSR count). The van der Waals surface area contributed by atoms with Crippen molar-refractivity contribution in [1.29, 1.82) is 0 Å². The first-order chi connectivity index (χ1) is 7.24. The quantitative estimate of drug-likeness (QED) is 0.628. The molecule has 0 bridgehead atoms. The van der Waals surface area contributed by atoms with Crippen LogP contribution in [0.2, 0.25) is 0 Å². The molecule has 3 nitrogen and oxygen atoms in total. The van der Waals surface area contributed by atoms with E-state index in [1.165, 1.54) is 0 Å². The van der Waals surface area contributed by atoms with Gasteiger partial charge >= 0.3 is 0 Å². The lowest BCUT2D eigenvalue weighted by Gasteiger charge is -2.05. The highest BCUT2D eigenvalue weighted by Crippen LogP contribution is 2.07. The van der Waals surface area contributed by atoms with Crippen molar-refractivity contribution in [1.82, 2.24) is 10.6 Å². The summed E-state index contributed by atoms with van der Waals surface area (Å²) in [6, 6.07) is 7.56. The summed E-state index contributed by atoms with van der Waals surface area (Å²) in [7, 11) is 0. The molecule has 0 radical (unpaired) electrons. The van der Waals surface area contributed by atoms with Crippen LogP contribution >= 0.6 is 35.0 Å². The van der Waals surface area contributed by atoms with Crippen molar-refractivity contribution in [2.24, 2.45) is 0 Å². The van der Waals surface area contributed by atoms with Crippen molar-refractivity contribution in [3.63, 3.8) is 0 Å². The zero-order valence-corrected chi connectivity index (χ0v) is 12.1. The highest BCUT2D eigenvalue weighted by atomic mass is 127. The Morgan fingerprint density at radius 3 is 2.75 bits per heavy atom. The second kappa shape index (κ2) is 8.78. The first-order valence-electron chi connectivity index (χ1n) is 4.98. The number of benzene rings is 1. The van der Waals surface area contributed by atoms with E-state index in [2.05, 4.69) is 33.2 Å². The number of carbonyl (C=O) groups is 1. The van der Waals surface area contributed by atoms with Crippen LogP contribution in [0.4, 0.5) is 0 Å². The number of carbonyl (C=O) groups excluding carboxylic acids is 1. The molecule has 0 atom stereocenters. The van der Waals surface area contributed by atoms with Gasteiger partial charge in [0.2, 0.25) is 0 Å². The average Bonchev–Trinajstić information content (AvgIpc) is 2.24. The SMILES string of the molecule is CCNCCNC(=O)c1cccc(I)c1.Cl. The lowest BCUT2D eigenvalue weighted by atomic mass is 10.2. The van der Waals surface area contributed by atoms with Gasteiger partial charge in [-0.2, -0.15) is 0 Å². The molecule has 0 aliphatic heterocycles. The third kappa shape index (κ3) is 5.67. The number of hydrogen-bond acceptors (Lipinski definition) is 2. The Hall–Kier alpha value is -0.330. The second-order valence-corrected chi connectivity index (χ2v) is 4.37.